The van der Waals surface area contributed by atoms with Crippen LogP contribution in [0, 0.1) is 0 Å². The van der Waals surface area contributed by atoms with E-state index in [4.69, 9.17) is 32.8 Å². The summed E-state index contributed by atoms with van der Waals surface area (Å²) in [6.07, 6.45) is -9.11. The molecule has 808 valence electrons. The molecule has 0 saturated carbocycles. The van der Waals surface area contributed by atoms with Gasteiger partial charge in [-0.15, -0.1) is 78.5 Å². The molecule has 5 unspecified atom stereocenters. The molecule has 13 N–H and O–H groups in total. The quantitative estimate of drug-likeness (QED) is 0.00686. The van der Waals surface area contributed by atoms with Crippen molar-refractivity contribution in [3.8, 4) is 0 Å². The number of hydrogen-bond acceptors (Lipinski definition) is 36. The predicted molar refractivity (Wildman–Crippen MR) is 450 cm³/mol. The first kappa shape index (κ1) is 159. The molecule has 0 fully saturated rings. The Morgan fingerprint density at radius 3 is 0.811 bits per heavy atom. The smallest absolute Gasteiger partial charge is 0.512 e. The van der Waals surface area contributed by atoms with E-state index in [9.17, 15) is 203 Å². The minimum atomic E-state index is -6.76. The molecule has 0 radical (unpaired) electrons. The van der Waals surface area contributed by atoms with Crippen molar-refractivity contribution in [2.75, 3.05) is 113 Å². The molecule has 0 aromatic rings. The van der Waals surface area contributed by atoms with Crippen molar-refractivity contribution >= 4 is 191 Å². The Morgan fingerprint density at radius 2 is 0.720 bits per heavy atom. The largest absolute Gasteiger partial charge is 0.775 e. The average molecular weight is 2430 g/mol. The number of sulfonamides is 3. The molecule has 0 spiro atoms. The number of nitrogens with one attached hydrogen (secondary N) is 9. The Kier molecular flexibility index (Phi) is 78.0. The van der Waals surface area contributed by atoms with Crippen LogP contribution in [0.2, 0.25) is 32.7 Å². The van der Waals surface area contributed by atoms with Gasteiger partial charge in [0.25, 0.3) is 15.9 Å². The van der Waals surface area contributed by atoms with Crippen LogP contribution in [0.15, 0.2) is 61.4 Å². The fraction of sp³-hybridized carbons (Fsp3) is 0.750. The first-order valence-electron chi connectivity index (χ1n) is 31.2. The van der Waals surface area contributed by atoms with Gasteiger partial charge in [-0.25, -0.2) is 52.3 Å². The minimum absolute atomic E-state index is 0.0590. The van der Waals surface area contributed by atoms with Gasteiger partial charge in [0.1, 0.15) is 0 Å². The lowest BCUT2D eigenvalue weighted by Gasteiger charge is -2.24. The van der Waals surface area contributed by atoms with Crippen molar-refractivity contribution in [3.63, 3.8) is 0 Å². The standard InChI is InChI=1S/C8H15F6NO6P2.C6H12OSi.C5H9FSi.C5H14NO6PS.C5H12Si.C2H4F3NO4S2.C2H8FNO3P2.C2H7FNO3PS.CHF6NO2P2.2CH5FNO4PS.CH4FO2P.CH5NO5S2/c1-3-18-22(16,19-4-2)15-23(17,20-5-7(9,10)11)21-6-8(12,13)14;1-5-8(4,6-2)7-3;1-4-7(3,6)5-2;1-4-11-13(7,12-5-2)6-14(8,9)10-3;1-5-6(2,3)4;1-11(7,8)6-12(9,10)2(3,4)5;2*1-8(2,5)4-9(3,6)7;2-1(3,4)11(5,9)8-12(6,7)10;1-8(4,5)3-9(2,6)7;1-8(2,4)3-9(5,6)7;1-5(2,3)4;1-8(3,4)2-9(5,6)7/h3-6H2,1-2H3,(H,15,16,17);5-6H,1-2H2,3-4H3;4-5H,1-2H2,3H3;4-5H2,1-3H3,(H,6,7);5H,1H2,2-4H3;6H,1H3;1-2H3,(H2,4,5,6,7);1-2H3,(H,4,5);(H,8,9,10);1H3,(H2,3,4,5);1H3,(H,3,4)(H,5,6,7);1H3,(H,3,4);2H,1H3,(H,5,6,7)/p-1. The van der Waals surface area contributed by atoms with Crippen LogP contribution in [0.5, 0.6) is 0 Å². The third kappa shape index (κ3) is 142. The molecule has 92 heteroatoms. The normalized spacial score (nSPS) is 15.2. The zero-order valence-corrected chi connectivity index (χ0v) is 90.6. The molecule has 5 atom stereocenters. The van der Waals surface area contributed by atoms with Gasteiger partial charge in [0.05, 0.1) is 54.1 Å². The summed E-state index contributed by atoms with van der Waals surface area (Å²) in [5.41, 5.74) is 2.85. The summed E-state index contributed by atoms with van der Waals surface area (Å²) < 4.78 is 575. The van der Waals surface area contributed by atoms with Crippen molar-refractivity contribution in [2.45, 2.75) is 84.2 Å². The second-order valence-electron chi connectivity index (χ2n) is 23.8. The van der Waals surface area contributed by atoms with Gasteiger partial charge >= 0.3 is 140 Å². The Bertz CT molecular complexity index is 4830. The highest BCUT2D eigenvalue weighted by atomic mass is 32.3. The Morgan fingerprint density at radius 1 is 0.432 bits per heavy atom. The van der Waals surface area contributed by atoms with E-state index in [1.165, 1.54) is 46.0 Å². The van der Waals surface area contributed by atoms with E-state index in [1.54, 1.807) is 25.4 Å². The Labute approximate surface area is 752 Å². The van der Waals surface area contributed by atoms with Crippen LogP contribution in [-0.2, 0) is 168 Å². The number of halogens is 21. The first-order chi connectivity index (χ1) is 56.4. The molecule has 49 nitrogen and oxygen atoms in total. The van der Waals surface area contributed by atoms with Crippen molar-refractivity contribution in [1.82, 2.24) is 40.8 Å². The maximum atomic E-state index is 12.5. The molecule has 0 heterocycles. The van der Waals surface area contributed by atoms with Gasteiger partial charge in [-0.05, 0) is 40.8 Å². The molecular formula is C40H100F21N9O40P11S8Si3-. The molecule has 0 aliphatic rings. The lowest BCUT2D eigenvalue weighted by Crippen LogP contribution is -2.39. The molecule has 0 aromatic carbocycles. The highest BCUT2D eigenvalue weighted by molar-refractivity contribution is 8.05. The lowest BCUT2D eigenvalue weighted by atomic mass is 10.7. The van der Waals surface area contributed by atoms with E-state index < -0.39 is 228 Å². The van der Waals surface area contributed by atoms with Gasteiger partial charge in [-0.3, -0.25) is 54.1 Å². The number of alkyl halides is 12. The topological polar surface area (TPSA) is 747 Å². The van der Waals surface area contributed by atoms with Crippen molar-refractivity contribution in [1.29, 1.82) is 0 Å². The summed E-state index contributed by atoms with van der Waals surface area (Å²) >= 11 is 0. The highest BCUT2D eigenvalue weighted by Gasteiger charge is 2.56. The van der Waals surface area contributed by atoms with Crippen LogP contribution < -0.4 is 45.7 Å². The van der Waals surface area contributed by atoms with Crippen LogP contribution in [0.1, 0.15) is 27.7 Å². The Balaban J connectivity index is -0.000000108. The van der Waals surface area contributed by atoms with Gasteiger partial charge in [0, 0.05) is 53.8 Å². The van der Waals surface area contributed by atoms with Crippen molar-refractivity contribution in [2.24, 2.45) is 0 Å². The lowest BCUT2D eigenvalue weighted by molar-refractivity contribution is -0.184. The Hall–Kier alpha value is -0.869. The highest BCUT2D eigenvalue weighted by Crippen LogP contribution is 2.67. The first-order valence-corrected chi connectivity index (χ1v) is 72.8. The van der Waals surface area contributed by atoms with E-state index in [2.05, 4.69) is 89.6 Å². The fourth-order valence-corrected chi connectivity index (χ4v) is 23.3. The van der Waals surface area contributed by atoms with E-state index in [0.29, 0.717) is 36.6 Å². The molecule has 0 amide bonds. The zero-order valence-electron chi connectivity index (χ0n) is 71.3. The average Bonchev–Trinajstić information content (AvgIpc) is 0.821. The number of rotatable bonds is 37. The molecule has 132 heavy (non-hydrogen) atoms. The predicted octanol–water partition coefficient (Wildman–Crippen LogP) is 12.8. The summed E-state index contributed by atoms with van der Waals surface area (Å²) in [5, 5.41) is 0. The monoisotopic (exact) mass is 2430 g/mol. The van der Waals surface area contributed by atoms with E-state index in [1.807, 2.05) is 17.9 Å². The van der Waals surface area contributed by atoms with Gasteiger partial charge < -0.3 is 36.9 Å². The molecule has 0 rings (SSSR count). The van der Waals surface area contributed by atoms with E-state index >= 15 is 0 Å². The SMILES string of the molecule is C=C[Si](C)(C)C.C=C[Si](C)(C=C)OC.C=C[Si](C)(F)C=C.CCOP(=O)(NP(=O)(OCC(F)(F)F)OCC(F)(F)F)OCC.CCOP(=O)(NS(=O)(=O)OC)OCC.CP(=O)(F)NS(=O)(=O)O.CP(=O)(O)NS(=O)(=O)F.CP(=O)([O-])F.CP(C)(=O)NP(=O)(O)F.CP(C)(=O)NS(=O)(=O)F.CS(=O)(=O)NS(=O)(=O)C(F)(F)F.CS(=O)(=O)NS(=O)(=O)O.O=P(F)(F)NP(=O)(F)C(F)(F)F. The van der Waals surface area contributed by atoms with Crippen LogP contribution in [0.25, 0.3) is 0 Å². The zero-order chi connectivity index (χ0) is 111. The van der Waals surface area contributed by atoms with Crippen LogP contribution in [0.4, 0.5) is 89.7 Å². The van der Waals surface area contributed by atoms with E-state index in [0.717, 1.165) is 46.9 Å². The number of hydrogen-bond donors (Lipinski definition) is 13. The molecule has 0 aliphatic heterocycles. The van der Waals surface area contributed by atoms with Gasteiger partial charge in [0.15, 0.2) is 35.5 Å². The molecule has 0 bridgehead atoms. The van der Waals surface area contributed by atoms with Crippen LogP contribution >= 0.6 is 84.0 Å². The summed E-state index contributed by atoms with van der Waals surface area (Å²) in [5.74, 6) is -5.97. The maximum Gasteiger partial charge on any atom is 0.512 e. The van der Waals surface area contributed by atoms with E-state index in [-0.39, 0.29) is 31.3 Å². The third-order valence-electron chi connectivity index (χ3n) is 7.99. The minimum Gasteiger partial charge on any atom is -0.775 e. The van der Waals surface area contributed by atoms with Crippen LogP contribution in [-0.4, -0.2) is 248 Å². The van der Waals surface area contributed by atoms with Crippen LogP contribution in [0.3, 0.4) is 0 Å². The van der Waals surface area contributed by atoms with Gasteiger partial charge in [-0.2, -0.15) is 108 Å². The molecular weight excluding hydrogens is 2330 g/mol. The van der Waals surface area contributed by atoms with Gasteiger partial charge in [-0.1, -0.05) is 58.8 Å². The summed E-state index contributed by atoms with van der Waals surface area (Å²) in [4.78, 5) is 27.6. The third-order valence-corrected chi connectivity index (χ3v) is 38.2. The second-order valence-corrected chi connectivity index (χ2v) is 70.0. The summed E-state index contributed by atoms with van der Waals surface area (Å²) in [6.45, 7) is 35.1. The summed E-state index contributed by atoms with van der Waals surface area (Å²) in [6, 6.07) is 0. The summed E-state index contributed by atoms with van der Waals surface area (Å²) in [7, 11) is -90.2. The molecule has 0 aromatic heterocycles. The second kappa shape index (κ2) is 64.7. The maximum absolute atomic E-state index is 12.5. The molecule has 0 aliphatic carbocycles. The fourth-order valence-electron chi connectivity index (χ4n) is 3.55. The molecule has 0 saturated heterocycles. The van der Waals surface area contributed by atoms with Crippen molar-refractivity contribution < 1.29 is 267 Å². The van der Waals surface area contributed by atoms with Crippen molar-refractivity contribution in [3.05, 3.63) is 61.4 Å². The van der Waals surface area contributed by atoms with Gasteiger partial charge in [0.2, 0.25) is 28.4 Å².